The Hall–Kier alpha value is -1.75. The van der Waals surface area contributed by atoms with Crippen molar-refractivity contribution in [2.24, 2.45) is 5.92 Å². The van der Waals surface area contributed by atoms with E-state index in [-0.39, 0.29) is 11.9 Å². The smallest absolute Gasteiger partial charge is 0.278 e. The standard InChI is InChI=1S/C21H33N3O2/c1-16-7-4-5-10-20(16)22-21(25)17(2)23-11-13-24(14-12-23)18-8-6-9-19(15-18)26-3/h6,8-9,15-17,20H,4-5,7,10-14H2,1-3H3,(H,22,25)/p+1/t16-,17+,20-/m0/s1. The maximum absolute atomic E-state index is 12.7. The molecule has 1 amide bonds. The molecular weight excluding hydrogens is 326 g/mol. The molecule has 1 aliphatic heterocycles. The fraction of sp³-hybridized carbons (Fsp3) is 0.667. The minimum Gasteiger partial charge on any atom is -0.497 e. The van der Waals surface area contributed by atoms with Crippen molar-refractivity contribution in [3.8, 4) is 5.75 Å². The molecule has 2 fully saturated rings. The van der Waals surface area contributed by atoms with Crippen molar-refractivity contribution in [2.75, 3.05) is 38.2 Å². The molecule has 0 aromatic heterocycles. The van der Waals surface area contributed by atoms with Crippen molar-refractivity contribution in [1.29, 1.82) is 0 Å². The van der Waals surface area contributed by atoms with Gasteiger partial charge in [-0.05, 0) is 37.8 Å². The highest BCUT2D eigenvalue weighted by Crippen LogP contribution is 2.24. The number of carbonyl (C=O) groups is 1. The van der Waals surface area contributed by atoms with E-state index in [0.717, 1.165) is 38.3 Å². The van der Waals surface area contributed by atoms with Gasteiger partial charge in [-0.3, -0.25) is 4.79 Å². The van der Waals surface area contributed by atoms with Crippen LogP contribution in [0.4, 0.5) is 5.69 Å². The molecule has 1 saturated carbocycles. The van der Waals surface area contributed by atoms with E-state index >= 15 is 0 Å². The van der Waals surface area contributed by atoms with E-state index in [1.807, 2.05) is 12.1 Å². The number of carbonyl (C=O) groups excluding carboxylic acids is 1. The number of hydrogen-bond donors (Lipinski definition) is 2. The van der Waals surface area contributed by atoms with Gasteiger partial charge < -0.3 is 19.9 Å². The van der Waals surface area contributed by atoms with Gasteiger partial charge in [-0.2, -0.15) is 0 Å². The second-order valence-corrected chi connectivity index (χ2v) is 7.95. The third-order valence-electron chi connectivity index (χ3n) is 6.27. The number of nitrogens with zero attached hydrogens (tertiary/aromatic N) is 1. The average Bonchev–Trinajstić information content (AvgIpc) is 2.69. The first kappa shape index (κ1) is 19.0. The van der Waals surface area contributed by atoms with Gasteiger partial charge in [0.25, 0.3) is 5.91 Å². The van der Waals surface area contributed by atoms with E-state index in [0.29, 0.717) is 12.0 Å². The molecule has 0 unspecified atom stereocenters. The third kappa shape index (κ3) is 4.50. The molecule has 5 heteroatoms. The molecule has 1 saturated heterocycles. The maximum atomic E-state index is 12.7. The van der Waals surface area contributed by atoms with E-state index in [1.165, 1.54) is 29.8 Å². The van der Waals surface area contributed by atoms with Gasteiger partial charge in [0.1, 0.15) is 5.75 Å². The van der Waals surface area contributed by atoms with Crippen LogP contribution in [0.5, 0.6) is 5.75 Å². The van der Waals surface area contributed by atoms with Gasteiger partial charge in [0.15, 0.2) is 6.04 Å². The average molecular weight is 361 g/mol. The van der Waals surface area contributed by atoms with Gasteiger partial charge in [-0.1, -0.05) is 25.8 Å². The number of nitrogens with one attached hydrogen (secondary N) is 2. The lowest BCUT2D eigenvalue weighted by atomic mass is 9.86. The molecule has 1 aromatic carbocycles. The summed E-state index contributed by atoms with van der Waals surface area (Å²) in [5.41, 5.74) is 1.21. The van der Waals surface area contributed by atoms with Crippen LogP contribution >= 0.6 is 0 Å². The second kappa shape index (κ2) is 8.76. The maximum Gasteiger partial charge on any atom is 0.278 e. The Kier molecular flexibility index (Phi) is 6.41. The van der Waals surface area contributed by atoms with Gasteiger partial charge >= 0.3 is 0 Å². The molecule has 3 rings (SSSR count). The fourth-order valence-electron chi connectivity index (χ4n) is 4.32. The predicted octanol–water partition coefficient (Wildman–Crippen LogP) is 1.48. The van der Waals surface area contributed by atoms with Crippen molar-refractivity contribution in [2.45, 2.75) is 51.6 Å². The lowest BCUT2D eigenvalue weighted by molar-refractivity contribution is -0.914. The first-order valence-electron chi connectivity index (χ1n) is 10.1. The van der Waals surface area contributed by atoms with Crippen molar-refractivity contribution >= 4 is 11.6 Å². The molecule has 144 valence electrons. The van der Waals surface area contributed by atoms with Crippen LogP contribution in [0.2, 0.25) is 0 Å². The van der Waals surface area contributed by atoms with Gasteiger partial charge in [-0.15, -0.1) is 0 Å². The summed E-state index contributed by atoms with van der Waals surface area (Å²) < 4.78 is 5.33. The van der Waals surface area contributed by atoms with E-state index in [4.69, 9.17) is 4.74 Å². The summed E-state index contributed by atoms with van der Waals surface area (Å²) in [6, 6.07) is 8.63. The Bertz CT molecular complexity index is 599. The molecule has 1 aliphatic carbocycles. The number of quaternary nitrogens is 1. The summed E-state index contributed by atoms with van der Waals surface area (Å²) >= 11 is 0. The molecule has 2 N–H and O–H groups in total. The summed E-state index contributed by atoms with van der Waals surface area (Å²) in [5.74, 6) is 1.74. The lowest BCUT2D eigenvalue weighted by Crippen LogP contribution is -3.19. The normalized spacial score (nSPS) is 25.6. The highest BCUT2D eigenvalue weighted by atomic mass is 16.5. The Balaban J connectivity index is 1.51. The predicted molar refractivity (Wildman–Crippen MR) is 105 cm³/mol. The first-order chi connectivity index (χ1) is 12.6. The topological polar surface area (TPSA) is 46.0 Å². The van der Waals surface area contributed by atoms with Crippen LogP contribution in [0.1, 0.15) is 39.5 Å². The van der Waals surface area contributed by atoms with Crippen LogP contribution < -0.4 is 19.9 Å². The molecule has 3 atom stereocenters. The molecule has 0 bridgehead atoms. The zero-order chi connectivity index (χ0) is 18.5. The van der Waals surface area contributed by atoms with Gasteiger partial charge in [0.2, 0.25) is 0 Å². The molecule has 5 nitrogen and oxygen atoms in total. The van der Waals surface area contributed by atoms with Crippen molar-refractivity contribution in [1.82, 2.24) is 5.32 Å². The molecule has 0 radical (unpaired) electrons. The number of hydrogen-bond acceptors (Lipinski definition) is 3. The van der Waals surface area contributed by atoms with Gasteiger partial charge in [-0.25, -0.2) is 0 Å². The SMILES string of the molecule is COc1cccc(N2CC[NH+]([C@H](C)C(=O)N[C@H]3CCCC[C@@H]3C)CC2)c1. The van der Waals surface area contributed by atoms with Crippen LogP contribution in [0.3, 0.4) is 0 Å². The summed E-state index contributed by atoms with van der Waals surface area (Å²) in [7, 11) is 1.70. The number of methoxy groups -OCH3 is 1. The van der Waals surface area contributed by atoms with E-state index in [9.17, 15) is 4.79 Å². The van der Waals surface area contributed by atoms with E-state index in [1.54, 1.807) is 7.11 Å². The number of benzene rings is 1. The summed E-state index contributed by atoms with van der Waals surface area (Å²) in [5, 5.41) is 3.33. The van der Waals surface area contributed by atoms with Crippen LogP contribution in [-0.4, -0.2) is 51.3 Å². The summed E-state index contributed by atoms with van der Waals surface area (Å²) in [6.07, 6.45) is 4.93. The zero-order valence-corrected chi connectivity index (χ0v) is 16.5. The van der Waals surface area contributed by atoms with E-state index in [2.05, 4.69) is 36.2 Å². The lowest BCUT2D eigenvalue weighted by Gasteiger charge is -2.37. The minimum absolute atomic E-state index is 0.0246. The van der Waals surface area contributed by atoms with Crippen LogP contribution in [0.15, 0.2) is 24.3 Å². The molecule has 26 heavy (non-hydrogen) atoms. The Labute approximate surface area is 157 Å². The van der Waals surface area contributed by atoms with Crippen LogP contribution in [0.25, 0.3) is 0 Å². The molecule has 1 aromatic rings. The minimum atomic E-state index is 0.0246. The zero-order valence-electron chi connectivity index (χ0n) is 16.5. The number of ether oxygens (including phenoxy) is 1. The summed E-state index contributed by atoms with van der Waals surface area (Å²) in [4.78, 5) is 16.5. The molecule has 2 aliphatic rings. The molecular formula is C21H34N3O2+. The van der Waals surface area contributed by atoms with Crippen molar-refractivity contribution in [3.05, 3.63) is 24.3 Å². The number of rotatable bonds is 5. The number of piperazine rings is 1. The molecule has 1 heterocycles. The Morgan fingerprint density at radius 1 is 1.27 bits per heavy atom. The monoisotopic (exact) mass is 360 g/mol. The van der Waals surface area contributed by atoms with E-state index < -0.39 is 0 Å². The second-order valence-electron chi connectivity index (χ2n) is 7.95. The third-order valence-corrected chi connectivity index (χ3v) is 6.27. The Morgan fingerprint density at radius 2 is 2.00 bits per heavy atom. The van der Waals surface area contributed by atoms with Crippen LogP contribution in [-0.2, 0) is 4.79 Å². The highest BCUT2D eigenvalue weighted by Gasteiger charge is 2.32. The quantitative estimate of drug-likeness (QED) is 0.836. The van der Waals surface area contributed by atoms with Crippen LogP contribution in [0, 0.1) is 5.92 Å². The number of anilines is 1. The largest absolute Gasteiger partial charge is 0.497 e. The van der Waals surface area contributed by atoms with Gasteiger partial charge in [0.05, 0.1) is 33.3 Å². The Morgan fingerprint density at radius 3 is 2.69 bits per heavy atom. The van der Waals surface area contributed by atoms with Crippen molar-refractivity contribution in [3.63, 3.8) is 0 Å². The highest BCUT2D eigenvalue weighted by molar-refractivity contribution is 5.80. The first-order valence-corrected chi connectivity index (χ1v) is 10.1. The fourth-order valence-corrected chi connectivity index (χ4v) is 4.32. The van der Waals surface area contributed by atoms with Crippen molar-refractivity contribution < 1.29 is 14.4 Å². The van der Waals surface area contributed by atoms with Gasteiger partial charge in [0, 0.05) is 17.8 Å². The summed E-state index contributed by atoms with van der Waals surface area (Å²) in [6.45, 7) is 8.28. The number of amides is 1. The molecule has 0 spiro atoms.